The summed E-state index contributed by atoms with van der Waals surface area (Å²) in [6.07, 6.45) is 1.46. The van der Waals surface area contributed by atoms with Crippen LogP contribution in [0.25, 0.3) is 0 Å². The molecule has 1 rings (SSSR count). The van der Waals surface area contributed by atoms with E-state index in [1.54, 1.807) is 4.90 Å². The molecule has 0 unspecified atom stereocenters. The Morgan fingerprint density at radius 1 is 1.33 bits per heavy atom. The maximum absolute atomic E-state index is 12.2. The van der Waals surface area contributed by atoms with E-state index >= 15 is 0 Å². The van der Waals surface area contributed by atoms with E-state index in [-0.39, 0.29) is 18.5 Å². The first kappa shape index (κ1) is 17.0. The van der Waals surface area contributed by atoms with Crippen molar-refractivity contribution in [2.45, 2.75) is 46.1 Å². The van der Waals surface area contributed by atoms with Gasteiger partial charge in [-0.1, -0.05) is 19.1 Å². The number of benzene rings is 1. The van der Waals surface area contributed by atoms with Crippen LogP contribution >= 0.6 is 0 Å². The van der Waals surface area contributed by atoms with Crippen LogP contribution in [-0.2, 0) is 11.2 Å². The molecular weight excluding hydrogens is 268 g/mol. The van der Waals surface area contributed by atoms with Gasteiger partial charge in [0.15, 0.2) is 0 Å². The molecule has 0 heterocycles. The molecule has 1 aromatic carbocycles. The van der Waals surface area contributed by atoms with Gasteiger partial charge in [-0.2, -0.15) is 0 Å². The third-order valence-corrected chi connectivity index (χ3v) is 3.15. The number of hydrogen-bond acceptors (Lipinski definition) is 2. The van der Waals surface area contributed by atoms with Crippen LogP contribution in [0.3, 0.4) is 0 Å². The SMILES string of the molecule is CCCN(C(=O)Nc1cccc(CCC(=O)O)c1)C(C)C. The minimum Gasteiger partial charge on any atom is -0.481 e. The number of nitrogens with one attached hydrogen (secondary N) is 1. The molecule has 5 nitrogen and oxygen atoms in total. The number of aliphatic carboxylic acids is 1. The zero-order chi connectivity index (χ0) is 15.8. The molecule has 0 radical (unpaired) electrons. The molecular formula is C16H24N2O3. The van der Waals surface area contributed by atoms with Gasteiger partial charge in [-0.3, -0.25) is 4.79 Å². The fraction of sp³-hybridized carbons (Fsp3) is 0.500. The summed E-state index contributed by atoms with van der Waals surface area (Å²) in [5.41, 5.74) is 1.60. The van der Waals surface area contributed by atoms with E-state index in [9.17, 15) is 9.59 Å². The number of carboxylic acids is 1. The number of anilines is 1. The first-order chi connectivity index (χ1) is 9.93. The molecule has 0 atom stereocenters. The summed E-state index contributed by atoms with van der Waals surface area (Å²) in [7, 11) is 0. The van der Waals surface area contributed by atoms with E-state index < -0.39 is 5.97 Å². The van der Waals surface area contributed by atoms with Gasteiger partial charge >= 0.3 is 12.0 Å². The van der Waals surface area contributed by atoms with Crippen molar-refractivity contribution in [2.24, 2.45) is 0 Å². The van der Waals surface area contributed by atoms with Crippen molar-refractivity contribution in [3.05, 3.63) is 29.8 Å². The average molecular weight is 292 g/mol. The van der Waals surface area contributed by atoms with E-state index in [0.29, 0.717) is 18.7 Å². The van der Waals surface area contributed by atoms with Crippen LogP contribution in [0.5, 0.6) is 0 Å². The van der Waals surface area contributed by atoms with E-state index in [4.69, 9.17) is 5.11 Å². The number of rotatable bonds is 7. The zero-order valence-electron chi connectivity index (χ0n) is 12.9. The highest BCUT2D eigenvalue weighted by molar-refractivity contribution is 5.89. The summed E-state index contributed by atoms with van der Waals surface area (Å²) in [5.74, 6) is -0.821. The lowest BCUT2D eigenvalue weighted by atomic mass is 10.1. The summed E-state index contributed by atoms with van der Waals surface area (Å²) in [6, 6.07) is 7.34. The Balaban J connectivity index is 2.71. The van der Waals surface area contributed by atoms with Crippen LogP contribution in [-0.4, -0.2) is 34.6 Å². The Bertz CT molecular complexity index is 486. The van der Waals surface area contributed by atoms with Gasteiger partial charge in [0.25, 0.3) is 0 Å². The fourth-order valence-electron chi connectivity index (χ4n) is 2.09. The molecule has 0 aliphatic rings. The van der Waals surface area contributed by atoms with Crippen molar-refractivity contribution in [3.63, 3.8) is 0 Å². The molecule has 5 heteroatoms. The number of urea groups is 1. The van der Waals surface area contributed by atoms with Gasteiger partial charge in [-0.25, -0.2) is 4.79 Å². The van der Waals surface area contributed by atoms with Crippen LogP contribution in [0.15, 0.2) is 24.3 Å². The topological polar surface area (TPSA) is 69.6 Å². The van der Waals surface area contributed by atoms with Crippen LogP contribution in [0, 0.1) is 0 Å². The smallest absolute Gasteiger partial charge is 0.322 e. The third-order valence-electron chi connectivity index (χ3n) is 3.15. The van der Waals surface area contributed by atoms with Crippen molar-refractivity contribution in [2.75, 3.05) is 11.9 Å². The second-order valence-electron chi connectivity index (χ2n) is 5.31. The molecule has 0 aromatic heterocycles. The fourth-order valence-corrected chi connectivity index (χ4v) is 2.09. The Labute approximate surface area is 126 Å². The quantitative estimate of drug-likeness (QED) is 0.809. The summed E-state index contributed by atoms with van der Waals surface area (Å²) in [6.45, 7) is 6.72. The summed E-state index contributed by atoms with van der Waals surface area (Å²) < 4.78 is 0. The first-order valence-corrected chi connectivity index (χ1v) is 7.32. The largest absolute Gasteiger partial charge is 0.481 e. The third kappa shape index (κ3) is 5.85. The van der Waals surface area contributed by atoms with Crippen molar-refractivity contribution in [1.82, 2.24) is 4.90 Å². The number of carbonyl (C=O) groups is 2. The van der Waals surface area contributed by atoms with Gasteiger partial charge < -0.3 is 15.3 Å². The molecule has 0 saturated carbocycles. The average Bonchev–Trinajstić information content (AvgIpc) is 2.42. The normalized spacial score (nSPS) is 10.5. The van der Waals surface area contributed by atoms with Crippen LogP contribution in [0.2, 0.25) is 0 Å². The summed E-state index contributed by atoms with van der Waals surface area (Å²) in [5, 5.41) is 11.6. The molecule has 0 aliphatic heterocycles. The molecule has 2 amide bonds. The molecule has 0 fully saturated rings. The predicted octanol–water partition coefficient (Wildman–Crippen LogP) is 3.36. The number of aryl methyl sites for hydroxylation is 1. The summed E-state index contributed by atoms with van der Waals surface area (Å²) in [4.78, 5) is 24.6. The minimum absolute atomic E-state index is 0.0886. The molecule has 21 heavy (non-hydrogen) atoms. The molecule has 1 aromatic rings. The number of carboxylic acid groups (broad SMARTS) is 1. The summed E-state index contributed by atoms with van der Waals surface area (Å²) >= 11 is 0. The van der Waals surface area contributed by atoms with Gasteiger partial charge in [0.1, 0.15) is 0 Å². The highest BCUT2D eigenvalue weighted by Gasteiger charge is 2.15. The second kappa shape index (κ2) is 8.29. The molecule has 116 valence electrons. The molecule has 2 N–H and O–H groups in total. The highest BCUT2D eigenvalue weighted by atomic mass is 16.4. The number of amides is 2. The first-order valence-electron chi connectivity index (χ1n) is 7.32. The monoisotopic (exact) mass is 292 g/mol. The van der Waals surface area contributed by atoms with E-state index in [1.807, 2.05) is 45.0 Å². The van der Waals surface area contributed by atoms with E-state index in [1.165, 1.54) is 0 Å². The van der Waals surface area contributed by atoms with Crippen molar-refractivity contribution in [3.8, 4) is 0 Å². The predicted molar refractivity (Wildman–Crippen MR) is 83.6 cm³/mol. The molecule has 0 spiro atoms. The van der Waals surface area contributed by atoms with Crippen LogP contribution in [0.1, 0.15) is 39.2 Å². The number of nitrogens with zero attached hydrogens (tertiary/aromatic N) is 1. The second-order valence-corrected chi connectivity index (χ2v) is 5.31. The molecule has 0 aliphatic carbocycles. The van der Waals surface area contributed by atoms with Crippen molar-refractivity contribution >= 4 is 17.7 Å². The Morgan fingerprint density at radius 2 is 2.05 bits per heavy atom. The standard InChI is InChI=1S/C16H24N2O3/c1-4-10-18(12(2)3)16(21)17-14-7-5-6-13(11-14)8-9-15(19)20/h5-7,11-12H,4,8-10H2,1-3H3,(H,17,21)(H,19,20). The molecule has 0 saturated heterocycles. The Hall–Kier alpha value is -2.04. The lowest BCUT2D eigenvalue weighted by Gasteiger charge is -2.26. The van der Waals surface area contributed by atoms with Crippen molar-refractivity contribution in [1.29, 1.82) is 0 Å². The highest BCUT2D eigenvalue weighted by Crippen LogP contribution is 2.14. The number of hydrogen-bond donors (Lipinski definition) is 2. The maximum Gasteiger partial charge on any atom is 0.322 e. The number of carbonyl (C=O) groups excluding carboxylic acids is 1. The minimum atomic E-state index is -0.821. The van der Waals surface area contributed by atoms with E-state index in [2.05, 4.69) is 5.32 Å². The van der Waals surface area contributed by atoms with Crippen molar-refractivity contribution < 1.29 is 14.7 Å². The van der Waals surface area contributed by atoms with Gasteiger partial charge in [-0.15, -0.1) is 0 Å². The van der Waals surface area contributed by atoms with Crippen LogP contribution < -0.4 is 5.32 Å². The van der Waals surface area contributed by atoms with Gasteiger partial charge in [0.2, 0.25) is 0 Å². The zero-order valence-corrected chi connectivity index (χ0v) is 12.9. The lowest BCUT2D eigenvalue weighted by Crippen LogP contribution is -2.40. The maximum atomic E-state index is 12.2. The Morgan fingerprint density at radius 3 is 2.62 bits per heavy atom. The van der Waals surface area contributed by atoms with Crippen LogP contribution in [0.4, 0.5) is 10.5 Å². The van der Waals surface area contributed by atoms with Gasteiger partial charge in [0.05, 0.1) is 0 Å². The lowest BCUT2D eigenvalue weighted by molar-refractivity contribution is -0.136. The Kier molecular flexibility index (Phi) is 6.72. The molecule has 0 bridgehead atoms. The van der Waals surface area contributed by atoms with E-state index in [0.717, 1.165) is 12.0 Å². The van der Waals surface area contributed by atoms with Gasteiger partial charge in [-0.05, 0) is 44.4 Å². The van der Waals surface area contributed by atoms with Gasteiger partial charge in [0, 0.05) is 24.7 Å².